The van der Waals surface area contributed by atoms with E-state index >= 15 is 0 Å². The van der Waals surface area contributed by atoms with Crippen LogP contribution in [0.1, 0.15) is 31.0 Å². The lowest BCUT2D eigenvalue weighted by Gasteiger charge is -2.21. The molecule has 0 bridgehead atoms. The maximum Gasteiger partial charge on any atom is 0.305 e. The molecule has 0 saturated carbocycles. The summed E-state index contributed by atoms with van der Waals surface area (Å²) in [6, 6.07) is 15.9. The monoisotopic (exact) mass is 426 g/mol. The zero-order valence-corrected chi connectivity index (χ0v) is 18.2. The van der Waals surface area contributed by atoms with E-state index in [1.807, 2.05) is 49.4 Å². The highest BCUT2D eigenvalue weighted by atomic mass is 35.5. The van der Waals surface area contributed by atoms with Gasteiger partial charge in [0.1, 0.15) is 11.5 Å². The number of hydrogen-bond donors (Lipinski definition) is 0. The third-order valence-corrected chi connectivity index (χ3v) is 5.27. The quantitative estimate of drug-likeness (QED) is 0.469. The maximum absolute atomic E-state index is 11.7. The molecule has 2 aromatic carbocycles. The number of ether oxygens (including phenoxy) is 2. The Morgan fingerprint density at radius 1 is 1.13 bits per heavy atom. The maximum atomic E-state index is 11.7. The molecule has 30 heavy (non-hydrogen) atoms. The number of fused-ring (bicyclic) bond motifs is 3. The molecule has 3 aromatic rings. The molecular formula is C24H27ClN2O3. The van der Waals surface area contributed by atoms with Crippen LogP contribution < -0.4 is 9.64 Å². The molecule has 0 N–H and O–H groups in total. The van der Waals surface area contributed by atoms with Crippen LogP contribution in [0.15, 0.2) is 48.5 Å². The van der Waals surface area contributed by atoms with Crippen molar-refractivity contribution in [1.82, 2.24) is 4.98 Å². The number of pyridine rings is 1. The standard InChI is InChI=1S/C24H26N2O3.ClH/c1-3-28-23(27)10-7-14-26-15-13-20-17(2)25-22-12-11-19(16-21(22)24(20)26)29-18-8-5-4-6-9-18;/h4-6,8-9,11-12,16H,3,7,10,13-15H2,1-2H3;1H. The number of carbonyl (C=O) groups is 1. The molecule has 0 spiro atoms. The fourth-order valence-corrected chi connectivity index (χ4v) is 3.96. The van der Waals surface area contributed by atoms with Gasteiger partial charge >= 0.3 is 5.97 Å². The fraction of sp³-hybridized carbons (Fsp3) is 0.333. The van der Waals surface area contributed by atoms with Gasteiger partial charge in [-0.25, -0.2) is 0 Å². The molecule has 0 amide bonds. The van der Waals surface area contributed by atoms with E-state index in [1.165, 1.54) is 11.3 Å². The highest BCUT2D eigenvalue weighted by molar-refractivity contribution is 5.96. The third-order valence-electron chi connectivity index (χ3n) is 5.27. The molecule has 0 unspecified atom stereocenters. The summed E-state index contributed by atoms with van der Waals surface area (Å²) in [6.45, 7) is 6.13. The second-order valence-corrected chi connectivity index (χ2v) is 7.26. The van der Waals surface area contributed by atoms with Gasteiger partial charge in [0, 0.05) is 30.6 Å². The molecule has 2 heterocycles. The summed E-state index contributed by atoms with van der Waals surface area (Å²) in [7, 11) is 0. The van der Waals surface area contributed by atoms with Gasteiger partial charge < -0.3 is 14.4 Å². The van der Waals surface area contributed by atoms with E-state index in [9.17, 15) is 4.79 Å². The Bertz CT molecular complexity index is 1020. The van der Waals surface area contributed by atoms with Gasteiger partial charge in [0.15, 0.2) is 0 Å². The molecule has 158 valence electrons. The van der Waals surface area contributed by atoms with E-state index in [2.05, 4.69) is 17.9 Å². The lowest BCUT2D eigenvalue weighted by molar-refractivity contribution is -0.143. The van der Waals surface area contributed by atoms with Crippen molar-refractivity contribution in [1.29, 1.82) is 0 Å². The Morgan fingerprint density at radius 3 is 2.70 bits per heavy atom. The summed E-state index contributed by atoms with van der Waals surface area (Å²) in [5.41, 5.74) is 4.58. The first-order chi connectivity index (χ1) is 14.2. The Morgan fingerprint density at radius 2 is 1.93 bits per heavy atom. The van der Waals surface area contributed by atoms with Crippen LogP contribution in [0.25, 0.3) is 10.9 Å². The van der Waals surface area contributed by atoms with Crippen molar-refractivity contribution in [2.75, 3.05) is 24.6 Å². The molecule has 6 heteroatoms. The van der Waals surface area contributed by atoms with Crippen molar-refractivity contribution in [3.63, 3.8) is 0 Å². The van der Waals surface area contributed by atoms with Crippen LogP contribution in [0, 0.1) is 6.92 Å². The van der Waals surface area contributed by atoms with Gasteiger partial charge in [0.2, 0.25) is 0 Å². The normalized spacial score (nSPS) is 12.4. The first kappa shape index (κ1) is 21.9. The molecule has 5 nitrogen and oxygen atoms in total. The summed E-state index contributed by atoms with van der Waals surface area (Å²) < 4.78 is 11.1. The van der Waals surface area contributed by atoms with Crippen LogP contribution in [-0.4, -0.2) is 30.6 Å². The Balaban J connectivity index is 0.00000256. The molecule has 1 aromatic heterocycles. The number of carbonyl (C=O) groups excluding carboxylic acids is 1. The number of benzene rings is 2. The van der Waals surface area contributed by atoms with Gasteiger partial charge in [0.05, 0.1) is 17.8 Å². The van der Waals surface area contributed by atoms with Crippen LogP contribution in [0.3, 0.4) is 0 Å². The third kappa shape index (κ3) is 4.68. The highest BCUT2D eigenvalue weighted by Crippen LogP contribution is 2.38. The van der Waals surface area contributed by atoms with Gasteiger partial charge in [-0.1, -0.05) is 18.2 Å². The van der Waals surface area contributed by atoms with Crippen molar-refractivity contribution in [3.8, 4) is 11.5 Å². The van der Waals surface area contributed by atoms with Gasteiger partial charge in [-0.2, -0.15) is 0 Å². The molecule has 0 aliphatic carbocycles. The topological polar surface area (TPSA) is 51.7 Å². The number of aryl methyl sites for hydroxylation is 1. The number of anilines is 1. The highest BCUT2D eigenvalue weighted by Gasteiger charge is 2.24. The van der Waals surface area contributed by atoms with Crippen LogP contribution in [0.2, 0.25) is 0 Å². The zero-order chi connectivity index (χ0) is 20.2. The number of hydrogen-bond acceptors (Lipinski definition) is 5. The zero-order valence-electron chi connectivity index (χ0n) is 17.4. The number of aromatic nitrogens is 1. The molecule has 1 aliphatic heterocycles. The van der Waals surface area contributed by atoms with E-state index in [4.69, 9.17) is 14.5 Å². The summed E-state index contributed by atoms with van der Waals surface area (Å²) in [5.74, 6) is 1.49. The molecule has 0 radical (unpaired) electrons. The van der Waals surface area contributed by atoms with Crippen LogP contribution >= 0.6 is 12.4 Å². The molecule has 1 aliphatic rings. The molecule has 0 atom stereocenters. The Kier molecular flexibility index (Phi) is 7.16. The average Bonchev–Trinajstić information content (AvgIpc) is 3.15. The predicted octanol–water partition coefficient (Wildman–Crippen LogP) is 5.46. The number of rotatable bonds is 7. The van der Waals surface area contributed by atoms with Crippen molar-refractivity contribution < 1.29 is 14.3 Å². The van der Waals surface area contributed by atoms with Crippen LogP contribution in [0.4, 0.5) is 5.69 Å². The minimum absolute atomic E-state index is 0. The first-order valence-electron chi connectivity index (χ1n) is 10.2. The first-order valence-corrected chi connectivity index (χ1v) is 10.2. The lowest BCUT2D eigenvalue weighted by Crippen LogP contribution is -2.23. The second-order valence-electron chi connectivity index (χ2n) is 7.26. The van der Waals surface area contributed by atoms with Crippen LogP contribution in [-0.2, 0) is 16.0 Å². The smallest absolute Gasteiger partial charge is 0.305 e. The van der Waals surface area contributed by atoms with E-state index in [-0.39, 0.29) is 18.4 Å². The van der Waals surface area contributed by atoms with E-state index in [0.717, 1.165) is 54.0 Å². The van der Waals surface area contributed by atoms with Gasteiger partial charge in [-0.3, -0.25) is 9.78 Å². The molecule has 0 fully saturated rings. The molecular weight excluding hydrogens is 400 g/mol. The SMILES string of the molecule is CCOC(=O)CCCN1CCc2c(C)nc3ccc(Oc4ccccc4)cc3c21.Cl. The van der Waals surface area contributed by atoms with Gasteiger partial charge in [-0.15, -0.1) is 12.4 Å². The van der Waals surface area contributed by atoms with Gasteiger partial charge in [-0.05, 0) is 62.6 Å². The van der Waals surface area contributed by atoms with E-state index in [1.54, 1.807) is 0 Å². The minimum atomic E-state index is -0.124. The average molecular weight is 427 g/mol. The van der Waals surface area contributed by atoms with E-state index < -0.39 is 0 Å². The van der Waals surface area contributed by atoms with Crippen LogP contribution in [0.5, 0.6) is 11.5 Å². The Hall–Kier alpha value is -2.79. The predicted molar refractivity (Wildman–Crippen MR) is 122 cm³/mol. The Labute approximate surface area is 183 Å². The number of para-hydroxylation sites is 1. The van der Waals surface area contributed by atoms with E-state index in [0.29, 0.717) is 13.0 Å². The van der Waals surface area contributed by atoms with Crippen molar-refractivity contribution in [2.45, 2.75) is 33.1 Å². The summed E-state index contributed by atoms with van der Waals surface area (Å²) in [5, 5.41) is 1.10. The number of halogens is 1. The van der Waals surface area contributed by atoms with Crippen molar-refractivity contribution in [2.24, 2.45) is 0 Å². The second kappa shape index (κ2) is 9.81. The number of nitrogens with zero attached hydrogens (tertiary/aromatic N) is 2. The fourth-order valence-electron chi connectivity index (χ4n) is 3.96. The largest absolute Gasteiger partial charge is 0.466 e. The van der Waals surface area contributed by atoms with Gasteiger partial charge in [0.25, 0.3) is 0 Å². The summed E-state index contributed by atoms with van der Waals surface area (Å²) in [4.78, 5) is 18.9. The molecule has 0 saturated heterocycles. The lowest BCUT2D eigenvalue weighted by atomic mass is 10.1. The van der Waals surface area contributed by atoms with Crippen molar-refractivity contribution >= 4 is 35.0 Å². The molecule has 4 rings (SSSR count). The minimum Gasteiger partial charge on any atom is -0.466 e. The van der Waals surface area contributed by atoms with Crippen molar-refractivity contribution in [3.05, 3.63) is 59.8 Å². The summed E-state index contributed by atoms with van der Waals surface area (Å²) >= 11 is 0. The summed E-state index contributed by atoms with van der Waals surface area (Å²) in [6.07, 6.45) is 2.21. The number of esters is 1.